The summed E-state index contributed by atoms with van der Waals surface area (Å²) in [6.45, 7) is 1.14. The summed E-state index contributed by atoms with van der Waals surface area (Å²) in [5, 5.41) is 21.2. The lowest BCUT2D eigenvalue weighted by Crippen LogP contribution is -2.37. The number of hydrogen-bond donors (Lipinski definition) is 3. The minimum absolute atomic E-state index is 0.00397. The normalized spacial score (nSPS) is 11.5. The standard InChI is InChI=1S/C17H20N2O5S/c1-2-19(25(23,24)15-9-7-14(21)8-10-15)11-17(22)18-16-6-4-3-5-13(16)12-20/h3-10,20-21H,2,11-12H2,1H3,(H,18,22). The molecule has 134 valence electrons. The maximum Gasteiger partial charge on any atom is 0.243 e. The number of anilines is 1. The van der Waals surface area contributed by atoms with Gasteiger partial charge in [-0.3, -0.25) is 4.79 Å². The zero-order valence-corrected chi connectivity index (χ0v) is 14.5. The summed E-state index contributed by atoms with van der Waals surface area (Å²) in [6.07, 6.45) is 0. The van der Waals surface area contributed by atoms with E-state index in [1.54, 1.807) is 31.2 Å². The third-order valence-electron chi connectivity index (χ3n) is 3.61. The van der Waals surface area contributed by atoms with Gasteiger partial charge in [0.05, 0.1) is 18.0 Å². The Kier molecular flexibility index (Phi) is 6.13. The maximum absolute atomic E-state index is 12.6. The summed E-state index contributed by atoms with van der Waals surface area (Å²) in [5.41, 5.74) is 0.980. The van der Waals surface area contributed by atoms with E-state index in [-0.39, 0.29) is 30.3 Å². The van der Waals surface area contributed by atoms with Crippen LogP contribution in [0.25, 0.3) is 0 Å². The van der Waals surface area contributed by atoms with E-state index in [9.17, 15) is 23.4 Å². The third-order valence-corrected chi connectivity index (χ3v) is 5.54. The number of phenols is 1. The van der Waals surface area contributed by atoms with Crippen molar-refractivity contribution in [2.75, 3.05) is 18.4 Å². The van der Waals surface area contributed by atoms with Gasteiger partial charge in [0.15, 0.2) is 0 Å². The Morgan fingerprint density at radius 3 is 2.36 bits per heavy atom. The molecule has 0 fully saturated rings. The summed E-state index contributed by atoms with van der Waals surface area (Å²) in [5.74, 6) is -0.551. The van der Waals surface area contributed by atoms with E-state index >= 15 is 0 Å². The van der Waals surface area contributed by atoms with E-state index < -0.39 is 15.9 Å². The lowest BCUT2D eigenvalue weighted by Gasteiger charge is -2.20. The molecular formula is C17H20N2O5S. The lowest BCUT2D eigenvalue weighted by molar-refractivity contribution is -0.116. The van der Waals surface area contributed by atoms with E-state index in [1.165, 1.54) is 24.3 Å². The van der Waals surface area contributed by atoms with Gasteiger partial charge in [-0.15, -0.1) is 0 Å². The molecule has 0 aliphatic rings. The fourth-order valence-electron chi connectivity index (χ4n) is 2.26. The van der Waals surface area contributed by atoms with Crippen LogP contribution < -0.4 is 5.32 Å². The van der Waals surface area contributed by atoms with Crippen LogP contribution in [0.15, 0.2) is 53.4 Å². The Morgan fingerprint density at radius 1 is 1.12 bits per heavy atom. The number of amides is 1. The van der Waals surface area contributed by atoms with Crippen LogP contribution in [0.4, 0.5) is 5.69 Å². The van der Waals surface area contributed by atoms with Crippen LogP contribution in [0, 0.1) is 0 Å². The van der Waals surface area contributed by atoms with Crippen LogP contribution in [0.3, 0.4) is 0 Å². The summed E-state index contributed by atoms with van der Waals surface area (Å²) in [6, 6.07) is 11.9. The molecule has 0 spiro atoms. The Bertz CT molecular complexity index is 834. The molecule has 0 aliphatic heterocycles. The van der Waals surface area contributed by atoms with Crippen molar-refractivity contribution >= 4 is 21.6 Å². The Labute approximate surface area is 146 Å². The molecule has 0 radical (unpaired) electrons. The fourth-order valence-corrected chi connectivity index (χ4v) is 3.67. The van der Waals surface area contributed by atoms with Crippen LogP contribution in [0.5, 0.6) is 5.75 Å². The van der Waals surface area contributed by atoms with Gasteiger partial charge in [0, 0.05) is 17.8 Å². The fraction of sp³-hybridized carbons (Fsp3) is 0.235. The maximum atomic E-state index is 12.6. The molecule has 7 nitrogen and oxygen atoms in total. The molecule has 8 heteroatoms. The number of likely N-dealkylation sites (N-methyl/N-ethyl adjacent to an activating group) is 1. The molecule has 0 saturated heterocycles. The summed E-state index contributed by atoms with van der Waals surface area (Å²) in [4.78, 5) is 12.2. The molecule has 3 N–H and O–H groups in total. The number of carbonyl (C=O) groups is 1. The van der Waals surface area contributed by atoms with Crippen molar-refractivity contribution in [2.24, 2.45) is 0 Å². The number of para-hydroxylation sites is 1. The van der Waals surface area contributed by atoms with Gasteiger partial charge in [-0.05, 0) is 30.3 Å². The number of benzene rings is 2. The molecule has 0 unspecified atom stereocenters. The molecule has 2 aromatic carbocycles. The van der Waals surface area contributed by atoms with Gasteiger partial charge in [-0.1, -0.05) is 25.1 Å². The van der Waals surface area contributed by atoms with Crippen molar-refractivity contribution in [1.29, 1.82) is 0 Å². The summed E-state index contributed by atoms with van der Waals surface area (Å²) >= 11 is 0. The van der Waals surface area contributed by atoms with Gasteiger partial charge in [0.25, 0.3) is 0 Å². The molecule has 0 atom stereocenters. The highest BCUT2D eigenvalue weighted by Crippen LogP contribution is 2.19. The smallest absolute Gasteiger partial charge is 0.243 e. The second kappa shape index (κ2) is 8.11. The Hall–Kier alpha value is -2.42. The van der Waals surface area contributed by atoms with Crippen LogP contribution in [-0.2, 0) is 21.4 Å². The monoisotopic (exact) mass is 364 g/mol. The lowest BCUT2D eigenvalue weighted by atomic mass is 10.2. The number of aliphatic hydroxyl groups is 1. The number of phenolic OH excluding ortho intramolecular Hbond substituents is 1. The molecule has 2 aromatic rings. The van der Waals surface area contributed by atoms with E-state index in [0.717, 1.165) is 4.31 Å². The highest BCUT2D eigenvalue weighted by Gasteiger charge is 2.25. The molecule has 0 heterocycles. The summed E-state index contributed by atoms with van der Waals surface area (Å²) < 4.78 is 26.3. The van der Waals surface area contributed by atoms with Crippen LogP contribution in [0.1, 0.15) is 12.5 Å². The average Bonchev–Trinajstić information content (AvgIpc) is 2.60. The first kappa shape index (κ1) is 18.9. The van der Waals surface area contributed by atoms with E-state index in [0.29, 0.717) is 11.3 Å². The van der Waals surface area contributed by atoms with E-state index in [1.807, 2.05) is 0 Å². The van der Waals surface area contributed by atoms with Crippen molar-refractivity contribution in [2.45, 2.75) is 18.4 Å². The number of hydrogen-bond acceptors (Lipinski definition) is 5. The SMILES string of the molecule is CCN(CC(=O)Nc1ccccc1CO)S(=O)(=O)c1ccc(O)cc1. The highest BCUT2D eigenvalue weighted by molar-refractivity contribution is 7.89. The Morgan fingerprint density at radius 2 is 1.76 bits per heavy atom. The molecule has 0 aromatic heterocycles. The number of aromatic hydroxyl groups is 1. The number of rotatable bonds is 7. The first-order valence-electron chi connectivity index (χ1n) is 7.66. The predicted molar refractivity (Wildman–Crippen MR) is 93.5 cm³/mol. The second-order valence-electron chi connectivity index (χ2n) is 5.29. The van der Waals surface area contributed by atoms with Gasteiger partial charge in [-0.2, -0.15) is 4.31 Å². The number of aliphatic hydroxyl groups excluding tert-OH is 1. The number of nitrogens with zero attached hydrogens (tertiary/aromatic N) is 1. The minimum Gasteiger partial charge on any atom is -0.508 e. The van der Waals surface area contributed by atoms with Crippen molar-refractivity contribution in [3.05, 3.63) is 54.1 Å². The molecule has 0 aliphatic carbocycles. The first-order chi connectivity index (χ1) is 11.9. The molecular weight excluding hydrogens is 344 g/mol. The van der Waals surface area contributed by atoms with Crippen LogP contribution in [-0.4, -0.2) is 41.9 Å². The minimum atomic E-state index is -3.86. The number of carbonyl (C=O) groups excluding carboxylic acids is 1. The summed E-state index contributed by atoms with van der Waals surface area (Å²) in [7, 11) is -3.86. The number of nitrogens with one attached hydrogen (secondary N) is 1. The third kappa shape index (κ3) is 4.56. The van der Waals surface area contributed by atoms with E-state index in [2.05, 4.69) is 5.32 Å². The Balaban J connectivity index is 2.15. The average molecular weight is 364 g/mol. The number of sulfonamides is 1. The highest BCUT2D eigenvalue weighted by atomic mass is 32.2. The quantitative estimate of drug-likeness (QED) is 0.691. The van der Waals surface area contributed by atoms with Gasteiger partial charge >= 0.3 is 0 Å². The molecule has 0 saturated carbocycles. The van der Waals surface area contributed by atoms with Crippen LogP contribution >= 0.6 is 0 Å². The largest absolute Gasteiger partial charge is 0.508 e. The predicted octanol–water partition coefficient (Wildman–Crippen LogP) is 1.53. The molecule has 1 amide bonds. The topological polar surface area (TPSA) is 107 Å². The van der Waals surface area contributed by atoms with Gasteiger partial charge in [0.1, 0.15) is 5.75 Å². The first-order valence-corrected chi connectivity index (χ1v) is 9.10. The van der Waals surface area contributed by atoms with Crippen molar-refractivity contribution in [3.63, 3.8) is 0 Å². The zero-order chi connectivity index (χ0) is 18.4. The van der Waals surface area contributed by atoms with Crippen LogP contribution in [0.2, 0.25) is 0 Å². The molecule has 25 heavy (non-hydrogen) atoms. The molecule has 0 bridgehead atoms. The van der Waals surface area contributed by atoms with Crippen molar-refractivity contribution in [1.82, 2.24) is 4.31 Å². The van der Waals surface area contributed by atoms with Gasteiger partial charge < -0.3 is 15.5 Å². The second-order valence-corrected chi connectivity index (χ2v) is 7.23. The molecule has 2 rings (SSSR count). The van der Waals surface area contributed by atoms with Crippen molar-refractivity contribution < 1.29 is 23.4 Å². The zero-order valence-electron chi connectivity index (χ0n) is 13.7. The van der Waals surface area contributed by atoms with Gasteiger partial charge in [-0.25, -0.2) is 8.42 Å². The van der Waals surface area contributed by atoms with Gasteiger partial charge in [0.2, 0.25) is 15.9 Å². The van der Waals surface area contributed by atoms with Crippen molar-refractivity contribution in [3.8, 4) is 5.75 Å². The van der Waals surface area contributed by atoms with E-state index in [4.69, 9.17) is 0 Å².